The van der Waals surface area contributed by atoms with Gasteiger partial charge in [-0.3, -0.25) is 14.4 Å². The number of benzene rings is 1. The summed E-state index contributed by atoms with van der Waals surface area (Å²) in [5.74, 6) is 4.62. The van der Waals surface area contributed by atoms with Crippen molar-refractivity contribution in [2.24, 2.45) is 151 Å². The lowest BCUT2D eigenvalue weighted by atomic mass is 9.33. The van der Waals surface area contributed by atoms with Gasteiger partial charge in [0.2, 0.25) is 17.7 Å². The first-order valence-corrected chi connectivity index (χ1v) is 53.7. The molecule has 0 aliphatic heterocycles. The van der Waals surface area contributed by atoms with E-state index in [4.69, 9.17) is 30.9 Å². The van der Waals surface area contributed by atoms with Crippen molar-refractivity contribution in [3.8, 4) is 0 Å². The minimum atomic E-state index is -0.411. The summed E-state index contributed by atoms with van der Waals surface area (Å²) >= 11 is 0. The van der Waals surface area contributed by atoms with Gasteiger partial charge in [-0.1, -0.05) is 214 Å². The van der Waals surface area contributed by atoms with Gasteiger partial charge in [-0.25, -0.2) is 14.0 Å². The zero-order valence-electron chi connectivity index (χ0n) is 85.9. The van der Waals surface area contributed by atoms with Gasteiger partial charge in [0.25, 0.3) is 0 Å². The Hall–Kier alpha value is -5.85. The maximum absolute atomic E-state index is 15.3. The number of hydrogen-bond acceptors (Lipinski definition) is 12. The van der Waals surface area contributed by atoms with Crippen LogP contribution < -0.4 is 16.0 Å². The highest BCUT2D eigenvalue weighted by molar-refractivity contribution is 5.85. The van der Waals surface area contributed by atoms with E-state index in [9.17, 15) is 15.3 Å². The van der Waals surface area contributed by atoms with Gasteiger partial charge in [0, 0.05) is 38.2 Å². The average Bonchev–Trinajstić information content (AvgIpc) is 0.772. The monoisotopic (exact) mass is 1810 g/mol. The summed E-state index contributed by atoms with van der Waals surface area (Å²) in [5, 5.41) is 73.4. The molecule has 6 N–H and O–H groups in total. The molecule has 24 atom stereocenters. The molecule has 3 aromatic heterocycles. The number of fused-ring (bicyclic) bond motifs is 21. The maximum Gasteiger partial charge on any atom is 0.226 e. The van der Waals surface area contributed by atoms with Crippen LogP contribution in [0.3, 0.4) is 0 Å². The Morgan fingerprint density at radius 3 is 0.856 bits per heavy atom. The number of aliphatic hydroxyl groups is 3. The summed E-state index contributed by atoms with van der Waals surface area (Å²) in [6, 6.07) is 6.76. The lowest BCUT2D eigenvalue weighted by Gasteiger charge is -2.71. The minimum absolute atomic E-state index is 0.0274. The maximum atomic E-state index is 15.3. The third-order valence-electron chi connectivity index (χ3n) is 45.8. The molecule has 0 saturated heterocycles. The summed E-state index contributed by atoms with van der Waals surface area (Å²) in [4.78, 5) is 45.8. The molecule has 3 heterocycles. The van der Waals surface area contributed by atoms with Crippen LogP contribution >= 0.6 is 0 Å². The fourth-order valence-electron chi connectivity index (χ4n) is 37.1. The van der Waals surface area contributed by atoms with E-state index in [0.717, 1.165) is 207 Å². The molecule has 15 aliphatic carbocycles. The SMILES string of the molecule is CC1(C)CC[C@]2(C(=O)NCCCc3cn(Cc4cc(Cn5cc(CCCNC(=O)[C@]67CCC(C)(C)C[C@H]6C6=CC[C@@H]8[C@@]9(C)CC[C@H](O)C(C)(C)[C@@H]9CC[C@@]8(C)[C@]6(C)CC7)nn5)cc(Cn5cc(CCCNC(=O)[C@]67CCC(C)(C)C[C@H]6C6=CC[C@@H]8[C@@]9(C)CC[C@H](O)C(C)(C)[C@@H]9CC[C@@]8(C)[C@]6(C)CC7)nn5)c4)nn3)CC[C@]3(C)C(=CC[C@@H]4[C@@]5(C)CC[C@H](O)C(C)(C)[C@@H]5CC[C@]43C)[C@@H]2C1. The van der Waals surface area contributed by atoms with Crippen molar-refractivity contribution in [2.75, 3.05) is 19.6 Å². The lowest BCUT2D eigenvalue weighted by molar-refractivity contribution is -0.203. The van der Waals surface area contributed by atoms with Crippen LogP contribution in [-0.2, 0) is 53.3 Å². The highest BCUT2D eigenvalue weighted by Crippen LogP contribution is 2.81. The second-order valence-electron chi connectivity index (χ2n) is 54.7. The molecule has 1 aromatic carbocycles. The van der Waals surface area contributed by atoms with Gasteiger partial charge in [-0.2, -0.15) is 0 Å². The largest absolute Gasteiger partial charge is 0.393 e. The molecule has 19 rings (SSSR count). The quantitative estimate of drug-likeness (QED) is 0.0337. The van der Waals surface area contributed by atoms with E-state index in [1.54, 1.807) is 16.7 Å². The summed E-state index contributed by atoms with van der Waals surface area (Å²) in [6.45, 7) is 55.5. The zero-order valence-corrected chi connectivity index (χ0v) is 85.9. The molecular formula is C114H174N12O6. The molecule has 12 fully saturated rings. The molecular weight excluding hydrogens is 1630 g/mol. The molecule has 3 amide bonds. The van der Waals surface area contributed by atoms with Crippen molar-refractivity contribution in [1.82, 2.24) is 60.9 Å². The van der Waals surface area contributed by atoms with Crippen LogP contribution in [0, 0.1) is 151 Å². The number of rotatable bonds is 21. The van der Waals surface area contributed by atoms with Gasteiger partial charge in [-0.15, -0.1) is 15.3 Å². The van der Waals surface area contributed by atoms with Crippen molar-refractivity contribution in [3.63, 3.8) is 0 Å². The topological polar surface area (TPSA) is 240 Å². The number of carbonyl (C=O) groups is 3. The Morgan fingerprint density at radius 2 is 0.591 bits per heavy atom. The number of amides is 3. The number of aryl methyl sites for hydroxylation is 3. The van der Waals surface area contributed by atoms with Crippen molar-refractivity contribution in [2.45, 2.75) is 414 Å². The Morgan fingerprint density at radius 1 is 0.333 bits per heavy atom. The Kier molecular flexibility index (Phi) is 23.5. The Labute approximate surface area is 794 Å². The van der Waals surface area contributed by atoms with Crippen molar-refractivity contribution < 1.29 is 29.7 Å². The molecule has 726 valence electrons. The predicted octanol–water partition coefficient (Wildman–Crippen LogP) is 22.2. The number of hydrogen-bond donors (Lipinski definition) is 6. The van der Waals surface area contributed by atoms with E-state index in [1.165, 1.54) is 38.5 Å². The molecule has 0 spiro atoms. The van der Waals surface area contributed by atoms with E-state index in [1.807, 2.05) is 14.0 Å². The van der Waals surface area contributed by atoms with Gasteiger partial charge in [0.05, 0.1) is 71.3 Å². The zero-order chi connectivity index (χ0) is 94.0. The Balaban J connectivity index is 0.515. The van der Waals surface area contributed by atoms with Crippen LogP contribution in [0.15, 0.2) is 71.7 Å². The molecule has 18 heteroatoms. The van der Waals surface area contributed by atoms with Crippen LogP contribution in [0.1, 0.15) is 391 Å². The number of nitrogens with zero attached hydrogens (tertiary/aromatic N) is 9. The van der Waals surface area contributed by atoms with Gasteiger partial charge in [0.1, 0.15) is 0 Å². The number of carbonyl (C=O) groups excluding carboxylic acids is 3. The van der Waals surface area contributed by atoms with Crippen LogP contribution in [0.4, 0.5) is 0 Å². The van der Waals surface area contributed by atoms with Gasteiger partial charge in [0.15, 0.2) is 0 Å². The highest BCUT2D eigenvalue weighted by Gasteiger charge is 2.74. The van der Waals surface area contributed by atoms with E-state index in [2.05, 4.69) is 216 Å². The smallest absolute Gasteiger partial charge is 0.226 e. The molecule has 0 radical (unpaired) electrons. The molecule has 15 aliphatic rings. The van der Waals surface area contributed by atoms with Crippen molar-refractivity contribution in [3.05, 3.63) is 106 Å². The van der Waals surface area contributed by atoms with E-state index < -0.39 is 16.2 Å². The highest BCUT2D eigenvalue weighted by atomic mass is 16.3. The number of aromatic nitrogens is 9. The normalized spacial score (nSPS) is 42.5. The lowest BCUT2D eigenvalue weighted by Crippen LogP contribution is -2.65. The minimum Gasteiger partial charge on any atom is -0.393 e. The summed E-state index contributed by atoms with van der Waals surface area (Å²) in [6.07, 6.45) is 49.2. The van der Waals surface area contributed by atoms with Gasteiger partial charge in [-0.05, 0) is 382 Å². The number of nitrogens with one attached hydrogen (secondary N) is 3. The van der Waals surface area contributed by atoms with E-state index in [-0.39, 0.29) is 135 Å². The molecule has 0 unspecified atom stereocenters. The number of aliphatic hydroxyl groups excluding tert-OH is 3. The summed E-state index contributed by atoms with van der Waals surface area (Å²) in [7, 11) is 0. The van der Waals surface area contributed by atoms with E-state index in [0.29, 0.717) is 94.0 Å². The molecule has 4 aromatic rings. The first-order valence-electron chi connectivity index (χ1n) is 53.7. The summed E-state index contributed by atoms with van der Waals surface area (Å²) < 4.78 is 5.85. The van der Waals surface area contributed by atoms with Crippen LogP contribution in [0.5, 0.6) is 0 Å². The van der Waals surface area contributed by atoms with Crippen LogP contribution in [0.25, 0.3) is 0 Å². The van der Waals surface area contributed by atoms with Crippen LogP contribution in [0.2, 0.25) is 0 Å². The molecule has 132 heavy (non-hydrogen) atoms. The third-order valence-corrected chi connectivity index (χ3v) is 45.8. The number of allylic oxidation sites excluding steroid dienone is 6. The fraction of sp³-hybridized carbons (Fsp3) is 0.816. The fourth-order valence-corrected chi connectivity index (χ4v) is 37.1. The van der Waals surface area contributed by atoms with Gasteiger partial charge < -0.3 is 31.3 Å². The second kappa shape index (κ2) is 32.6. The summed E-state index contributed by atoms with van der Waals surface area (Å²) in [5.41, 5.74) is 10.7. The van der Waals surface area contributed by atoms with E-state index >= 15 is 14.4 Å². The molecule has 18 nitrogen and oxygen atoms in total. The predicted molar refractivity (Wildman–Crippen MR) is 523 cm³/mol. The second-order valence-corrected chi connectivity index (χ2v) is 54.7. The van der Waals surface area contributed by atoms with Crippen molar-refractivity contribution >= 4 is 17.7 Å². The van der Waals surface area contributed by atoms with Crippen LogP contribution in [-0.4, -0.2) is 116 Å². The standard InChI is InChI=1S/C114H174N12O6/c1-97(2)46-52-112(55-49-106(16)79(82(112)64-97)28-31-88-103(13)40-37-91(127)100(7,8)85(103)34-43-109(88,106)19)94(130)115-58-22-25-76-70-124(121-118-76)67-73-61-74(68-125-71-77(119-122-125)26-23-59-116-95(131)113-53-47-98(3,4)65-83(113)80-29-32-89-104(14)41-38-92(128)101(9,10)86(104)35-44-110(89,20)107(80,17)50-56-113)63-75(62-73)69-126-72-78(120-123-126)27-24-60-117-96(132)114-54-48-99(5,6)66-84(114)81-30-33-90-105(15)42-39-93(129)102(11,12)87(105)36-45-111(90,21)108(81,18)51-57-114/h28-30,61-63,70-72,82-93,127-129H,22-27,31-60,64-69H2,1-21H3,(H,115,130)(H,116,131)(H,117,132)/t82-,83-,84-,85-,86-,87-,88+,89+,90+,91-,92-,93-,103-,104-,105-,106+,107+,108+,109+,110+,111+,112-,113-,114-/m0/s1. The Bertz CT molecular complexity index is 4660. The third kappa shape index (κ3) is 14.8. The average molecular weight is 1810 g/mol. The van der Waals surface area contributed by atoms with Gasteiger partial charge >= 0.3 is 0 Å². The first-order chi connectivity index (χ1) is 61.9. The molecule has 12 saturated carbocycles. The van der Waals surface area contributed by atoms with Crippen molar-refractivity contribution in [1.29, 1.82) is 0 Å². The first kappa shape index (κ1) is 95.1. The molecule has 0 bridgehead atoms.